The van der Waals surface area contributed by atoms with E-state index in [2.05, 4.69) is 10.3 Å². The number of hydrogen-bond donors (Lipinski definition) is 0. The molecular weight excluding hydrogens is 217 g/mol. The molecule has 0 bridgehead atoms. The summed E-state index contributed by atoms with van der Waals surface area (Å²) in [6, 6.07) is 0. The quantitative estimate of drug-likeness (QED) is 0.577. The van der Waals surface area contributed by atoms with Crippen molar-refractivity contribution in [2.24, 2.45) is 0 Å². The van der Waals surface area contributed by atoms with Crippen LogP contribution in [-0.4, -0.2) is 19.9 Å². The molecule has 0 fully saturated rings. The van der Waals surface area contributed by atoms with Crippen LogP contribution >= 0.6 is 0 Å². The maximum atomic E-state index is 12.2. The molecule has 1 heterocycles. The second-order valence-corrected chi connectivity index (χ2v) is 2.74. The Bertz CT molecular complexity index is 373. The van der Waals surface area contributed by atoms with Gasteiger partial charge in [-0.2, -0.15) is 13.2 Å². The van der Waals surface area contributed by atoms with Crippen molar-refractivity contribution >= 4 is 5.82 Å². The zero-order chi connectivity index (χ0) is 11.6. The monoisotopic (exact) mass is 224 g/mol. The van der Waals surface area contributed by atoms with Gasteiger partial charge in [0.05, 0.1) is 0 Å². The fourth-order valence-electron chi connectivity index (χ4n) is 1.03. The molecule has 0 atom stereocenters. The average Bonchev–Trinajstić information content (AvgIpc) is 2.47. The lowest BCUT2D eigenvalue weighted by atomic mass is 10.4. The molecule has 0 unspecified atom stereocenters. The van der Waals surface area contributed by atoms with E-state index in [0.29, 0.717) is 11.1 Å². The predicted octanol–water partition coefficient (Wildman–Crippen LogP) is 1.62. The summed E-state index contributed by atoms with van der Waals surface area (Å²) in [5.41, 5.74) is -1.55. The van der Waals surface area contributed by atoms with Crippen molar-refractivity contribution in [1.82, 2.24) is 15.0 Å². The van der Waals surface area contributed by atoms with Crippen molar-refractivity contribution in [1.29, 1.82) is 0 Å². The highest BCUT2D eigenvalue weighted by molar-refractivity contribution is 5.27. The highest BCUT2D eigenvalue weighted by atomic mass is 19.4. The summed E-state index contributed by atoms with van der Waals surface area (Å²) in [6.07, 6.45) is -4.42. The van der Waals surface area contributed by atoms with E-state index < -0.39 is 22.6 Å². The zero-order valence-electron chi connectivity index (χ0n) is 7.65. The first kappa shape index (κ1) is 11.4. The number of hydrogen-bond acceptors (Lipinski definition) is 4. The fraction of sp³-hybridized carbons (Fsp3) is 0.667. The maximum Gasteiger partial charge on any atom is 0.443 e. The highest BCUT2D eigenvalue weighted by Gasteiger charge is 2.44. The molecule has 0 spiro atoms. The van der Waals surface area contributed by atoms with Crippen LogP contribution < -0.4 is 0 Å². The van der Waals surface area contributed by atoms with E-state index in [1.807, 2.05) is 0 Å². The van der Waals surface area contributed by atoms with Gasteiger partial charge < -0.3 is 10.1 Å². The molecule has 1 aromatic heterocycles. The minimum absolute atomic E-state index is 0.0272. The van der Waals surface area contributed by atoms with Gasteiger partial charge in [-0.05, 0) is 11.3 Å². The Hall–Kier alpha value is -1.67. The van der Waals surface area contributed by atoms with E-state index in [1.54, 1.807) is 6.92 Å². The normalized spacial score (nSPS) is 11.7. The minimum atomic E-state index is -4.85. The van der Waals surface area contributed by atoms with Crippen LogP contribution in [0.15, 0.2) is 0 Å². The lowest BCUT2D eigenvalue weighted by Gasteiger charge is -2.01. The highest BCUT2D eigenvalue weighted by Crippen LogP contribution is 2.33. The summed E-state index contributed by atoms with van der Waals surface area (Å²) < 4.78 is 37.4. The summed E-state index contributed by atoms with van der Waals surface area (Å²) in [5, 5.41) is 16.3. The topological polar surface area (TPSA) is 73.8 Å². The summed E-state index contributed by atoms with van der Waals surface area (Å²) in [7, 11) is 0. The van der Waals surface area contributed by atoms with Gasteiger partial charge in [0, 0.05) is 5.21 Å². The molecule has 0 aliphatic rings. The van der Waals surface area contributed by atoms with E-state index >= 15 is 0 Å². The molecule has 0 N–H and O–H groups in total. The number of rotatable bonds is 3. The van der Waals surface area contributed by atoms with E-state index in [0.717, 1.165) is 0 Å². The third kappa shape index (κ3) is 2.22. The Balaban J connectivity index is 3.24. The van der Waals surface area contributed by atoms with Crippen molar-refractivity contribution in [3.05, 3.63) is 15.8 Å². The summed E-state index contributed by atoms with van der Waals surface area (Å²) in [6.45, 7) is 1.69. The predicted molar refractivity (Wildman–Crippen MR) is 42.0 cm³/mol. The minimum Gasteiger partial charge on any atom is -0.358 e. The van der Waals surface area contributed by atoms with Gasteiger partial charge in [0.25, 0.3) is 5.69 Å². The summed E-state index contributed by atoms with van der Waals surface area (Å²) in [5.74, 6) is -1.11. The third-order valence-electron chi connectivity index (χ3n) is 1.59. The molecule has 6 nitrogen and oxygen atoms in total. The van der Waals surface area contributed by atoms with Crippen LogP contribution in [0.2, 0.25) is 0 Å². The van der Waals surface area contributed by atoms with E-state index in [1.165, 1.54) is 0 Å². The Morgan fingerprint density at radius 3 is 2.53 bits per heavy atom. The number of nitro groups is 1. The van der Waals surface area contributed by atoms with E-state index in [4.69, 9.17) is 0 Å². The molecule has 15 heavy (non-hydrogen) atoms. The van der Waals surface area contributed by atoms with Gasteiger partial charge in [-0.3, -0.25) is 0 Å². The largest absolute Gasteiger partial charge is 0.443 e. The van der Waals surface area contributed by atoms with Crippen molar-refractivity contribution in [3.63, 3.8) is 0 Å². The van der Waals surface area contributed by atoms with Gasteiger partial charge in [-0.25, -0.2) is 0 Å². The average molecular weight is 224 g/mol. The first-order valence-corrected chi connectivity index (χ1v) is 4.03. The van der Waals surface area contributed by atoms with Gasteiger partial charge in [0.15, 0.2) is 0 Å². The molecule has 0 aromatic carbocycles. The second kappa shape index (κ2) is 3.83. The number of alkyl halides is 3. The number of halogens is 3. The van der Waals surface area contributed by atoms with Gasteiger partial charge in [-0.15, -0.1) is 4.68 Å². The number of nitrogens with zero attached hydrogens (tertiary/aromatic N) is 4. The van der Waals surface area contributed by atoms with E-state index in [-0.39, 0.29) is 6.54 Å². The molecule has 0 saturated carbocycles. The lowest BCUT2D eigenvalue weighted by Crippen LogP contribution is -2.11. The van der Waals surface area contributed by atoms with Gasteiger partial charge >= 0.3 is 12.0 Å². The van der Waals surface area contributed by atoms with Crippen LogP contribution in [-0.2, 0) is 12.7 Å². The van der Waals surface area contributed by atoms with Crippen LogP contribution in [0.1, 0.15) is 19.0 Å². The molecule has 0 amide bonds. The molecule has 0 radical (unpaired) electrons. The van der Waals surface area contributed by atoms with Crippen LogP contribution in [0, 0.1) is 10.1 Å². The zero-order valence-corrected chi connectivity index (χ0v) is 7.65. The second-order valence-electron chi connectivity index (χ2n) is 2.74. The molecule has 1 aromatic rings. The molecular formula is C6H7F3N4O2. The summed E-state index contributed by atoms with van der Waals surface area (Å²) in [4.78, 5) is 9.30. The van der Waals surface area contributed by atoms with Crippen molar-refractivity contribution in [2.75, 3.05) is 0 Å². The van der Waals surface area contributed by atoms with Crippen molar-refractivity contribution in [3.8, 4) is 0 Å². The first-order chi connectivity index (χ1) is 6.88. The lowest BCUT2D eigenvalue weighted by molar-refractivity contribution is -0.395. The van der Waals surface area contributed by atoms with Crippen LogP contribution in [0.25, 0.3) is 0 Å². The van der Waals surface area contributed by atoms with Crippen LogP contribution in [0.3, 0.4) is 0 Å². The van der Waals surface area contributed by atoms with Gasteiger partial charge in [0.2, 0.25) is 0 Å². The molecule has 84 valence electrons. The molecule has 0 aliphatic heterocycles. The fourth-order valence-corrected chi connectivity index (χ4v) is 1.03. The first-order valence-electron chi connectivity index (χ1n) is 4.03. The Morgan fingerprint density at radius 1 is 1.53 bits per heavy atom. The van der Waals surface area contributed by atoms with Crippen molar-refractivity contribution in [2.45, 2.75) is 26.1 Å². The SMILES string of the molecule is CCCn1nnc(C(F)(F)F)c1[N+](=O)[O-]. The van der Waals surface area contributed by atoms with Gasteiger partial charge in [0.1, 0.15) is 6.54 Å². The smallest absolute Gasteiger partial charge is 0.358 e. The Kier molecular flexibility index (Phi) is 2.91. The third-order valence-corrected chi connectivity index (χ3v) is 1.59. The van der Waals surface area contributed by atoms with E-state index in [9.17, 15) is 23.3 Å². The summed E-state index contributed by atoms with van der Waals surface area (Å²) >= 11 is 0. The van der Waals surface area contributed by atoms with Crippen molar-refractivity contribution < 1.29 is 18.1 Å². The molecule has 9 heteroatoms. The maximum absolute atomic E-state index is 12.2. The molecule has 0 saturated heterocycles. The number of aromatic nitrogens is 3. The van der Waals surface area contributed by atoms with Gasteiger partial charge in [-0.1, -0.05) is 12.0 Å². The Labute approximate surface area is 81.8 Å². The molecule has 1 rings (SSSR count). The number of aryl methyl sites for hydroxylation is 1. The standard InChI is InChI=1S/C6H7F3N4O2/c1-2-3-12-5(13(14)15)4(10-11-12)6(7,8)9/h2-3H2,1H3. The Morgan fingerprint density at radius 2 is 2.13 bits per heavy atom. The molecule has 0 aliphatic carbocycles. The van der Waals surface area contributed by atoms with Crippen LogP contribution in [0.5, 0.6) is 0 Å². The van der Waals surface area contributed by atoms with Crippen LogP contribution in [0.4, 0.5) is 19.0 Å².